The van der Waals surface area contributed by atoms with Gasteiger partial charge in [0.2, 0.25) is 0 Å². The van der Waals surface area contributed by atoms with Crippen molar-refractivity contribution in [1.82, 2.24) is 0 Å². The summed E-state index contributed by atoms with van der Waals surface area (Å²) in [5.41, 5.74) is 14.6. The van der Waals surface area contributed by atoms with Crippen LogP contribution in [0, 0.1) is 0 Å². The lowest BCUT2D eigenvalue weighted by Gasteiger charge is -2.30. The normalized spacial score (nSPS) is 12.1. The van der Waals surface area contributed by atoms with Crippen LogP contribution in [-0.2, 0) is 0 Å². The molecule has 3 heterocycles. The number of anilines is 6. The highest BCUT2D eigenvalue weighted by molar-refractivity contribution is 6.14. The molecule has 0 N–H and O–H groups in total. The summed E-state index contributed by atoms with van der Waals surface area (Å²) >= 11 is 0. The first-order valence-corrected chi connectivity index (χ1v) is 21.2. The Kier molecular flexibility index (Phi) is 7.84. The summed E-state index contributed by atoms with van der Waals surface area (Å²) < 4.78 is 20.0. The monoisotopic (exact) mass is 808 g/mol. The smallest absolute Gasteiger partial charge is 0.137 e. The van der Waals surface area contributed by atoms with E-state index < -0.39 is 0 Å². The predicted octanol–water partition coefficient (Wildman–Crippen LogP) is 16.9. The van der Waals surface area contributed by atoms with Gasteiger partial charge in [-0.05, 0) is 131 Å². The van der Waals surface area contributed by atoms with Crippen LogP contribution < -0.4 is 19.3 Å². The van der Waals surface area contributed by atoms with Crippen LogP contribution in [0.1, 0.15) is 0 Å². The third-order valence-electron chi connectivity index (χ3n) is 12.4. The number of furan rings is 1. The molecular weight excluding hydrogens is 773 g/mol. The second kappa shape index (κ2) is 14.0. The molecular formula is C58H36N2O3. The number of hydrogen-bond donors (Lipinski definition) is 0. The van der Waals surface area contributed by atoms with Gasteiger partial charge in [0.15, 0.2) is 0 Å². The van der Waals surface area contributed by atoms with Crippen LogP contribution in [0.3, 0.4) is 0 Å². The first-order chi connectivity index (χ1) is 31.2. The fraction of sp³-hybridized carbons (Fsp3) is 0. The Morgan fingerprint density at radius 1 is 0.270 bits per heavy atom. The van der Waals surface area contributed by atoms with E-state index in [1.807, 2.05) is 24.3 Å². The molecule has 2 aliphatic heterocycles. The largest absolute Gasteiger partial charge is 0.456 e. The van der Waals surface area contributed by atoms with Gasteiger partial charge in [-0.3, -0.25) is 0 Å². The van der Waals surface area contributed by atoms with E-state index in [0.29, 0.717) is 0 Å². The fourth-order valence-electron chi connectivity index (χ4n) is 9.56. The van der Waals surface area contributed by atoms with E-state index in [2.05, 4.69) is 204 Å². The van der Waals surface area contributed by atoms with Gasteiger partial charge in [0.25, 0.3) is 0 Å². The highest BCUT2D eigenvalue weighted by Crippen LogP contribution is 2.56. The number of para-hydroxylation sites is 3. The molecule has 5 nitrogen and oxygen atoms in total. The van der Waals surface area contributed by atoms with Crippen LogP contribution in [-0.4, -0.2) is 0 Å². The number of fused-ring (bicyclic) bond motifs is 7. The minimum absolute atomic E-state index is 0.797. The zero-order valence-electron chi connectivity index (χ0n) is 33.9. The molecule has 0 amide bonds. The lowest BCUT2D eigenvalue weighted by molar-refractivity contribution is 0.480. The van der Waals surface area contributed by atoms with E-state index in [4.69, 9.17) is 13.9 Å². The molecule has 5 heteroatoms. The van der Waals surface area contributed by atoms with E-state index in [9.17, 15) is 0 Å². The molecule has 0 saturated carbocycles. The van der Waals surface area contributed by atoms with Crippen LogP contribution >= 0.6 is 0 Å². The zero-order chi connectivity index (χ0) is 41.4. The van der Waals surface area contributed by atoms with Gasteiger partial charge >= 0.3 is 0 Å². The molecule has 0 atom stereocenters. The molecule has 2 aliphatic rings. The molecule has 0 fully saturated rings. The van der Waals surface area contributed by atoms with Gasteiger partial charge in [0.05, 0.1) is 0 Å². The summed E-state index contributed by atoms with van der Waals surface area (Å²) in [6, 6.07) is 76.5. The molecule has 0 aliphatic carbocycles. The fourth-order valence-corrected chi connectivity index (χ4v) is 9.56. The van der Waals surface area contributed by atoms with Crippen molar-refractivity contribution in [3.05, 3.63) is 218 Å². The minimum atomic E-state index is 0.797. The van der Waals surface area contributed by atoms with E-state index in [-0.39, 0.29) is 0 Å². The standard InChI is InChI=1S/C58H36N2O3/c1-4-13-37(14-5-1)38-15-12-20-41(33-38)60(42-25-30-52-50(34-42)45-21-10-11-22-51(45)61-52)44-24-27-47-49-29-31-53-57-48(28-32-54(58(49)57)63-56(47)36-44)46-26-23-43(35-55(46)62-53)59(39-16-6-2-7-17-39)40-18-8-3-9-19-40/h1-36H. The first-order valence-electron chi connectivity index (χ1n) is 21.2. The summed E-state index contributed by atoms with van der Waals surface area (Å²) in [4.78, 5) is 4.57. The van der Waals surface area contributed by atoms with E-state index >= 15 is 0 Å². The van der Waals surface area contributed by atoms with Gasteiger partial charge in [0.1, 0.15) is 34.2 Å². The molecule has 0 radical (unpaired) electrons. The number of nitrogens with zero attached hydrogens (tertiary/aromatic N) is 2. The summed E-state index contributed by atoms with van der Waals surface area (Å²) in [5, 5.41) is 4.27. The van der Waals surface area contributed by atoms with Crippen molar-refractivity contribution in [2.45, 2.75) is 0 Å². The first kappa shape index (κ1) is 35.2. The Labute approximate surface area is 363 Å². The van der Waals surface area contributed by atoms with Crippen LogP contribution in [0.2, 0.25) is 0 Å². The molecule has 11 aromatic rings. The van der Waals surface area contributed by atoms with Gasteiger partial charge in [0, 0.05) is 78.9 Å². The van der Waals surface area contributed by atoms with Crippen molar-refractivity contribution in [3.8, 4) is 56.4 Å². The van der Waals surface area contributed by atoms with Gasteiger partial charge in [-0.25, -0.2) is 0 Å². The second-order valence-corrected chi connectivity index (χ2v) is 16.1. The Hall–Kier alpha value is -8.54. The molecule has 10 aromatic carbocycles. The average Bonchev–Trinajstić information content (AvgIpc) is 3.72. The molecule has 13 rings (SSSR count). The Morgan fingerprint density at radius 2 is 0.730 bits per heavy atom. The lowest BCUT2D eigenvalue weighted by Crippen LogP contribution is -2.11. The predicted molar refractivity (Wildman–Crippen MR) is 257 cm³/mol. The second-order valence-electron chi connectivity index (χ2n) is 16.1. The molecule has 0 spiro atoms. The Bertz CT molecular complexity index is 3540. The summed E-state index contributed by atoms with van der Waals surface area (Å²) in [7, 11) is 0. The van der Waals surface area contributed by atoms with Gasteiger partial charge in [-0.2, -0.15) is 0 Å². The van der Waals surface area contributed by atoms with Crippen LogP contribution in [0.5, 0.6) is 23.0 Å². The zero-order valence-corrected chi connectivity index (χ0v) is 33.9. The lowest BCUT2D eigenvalue weighted by atomic mass is 9.88. The van der Waals surface area contributed by atoms with Crippen LogP contribution in [0.15, 0.2) is 223 Å². The Morgan fingerprint density at radius 3 is 1.37 bits per heavy atom. The Balaban J connectivity index is 0.920. The van der Waals surface area contributed by atoms with Crippen molar-refractivity contribution < 1.29 is 13.9 Å². The van der Waals surface area contributed by atoms with Crippen molar-refractivity contribution >= 4 is 66.8 Å². The third kappa shape index (κ3) is 5.71. The summed E-state index contributed by atoms with van der Waals surface area (Å²) in [6.07, 6.45) is 0. The minimum Gasteiger partial charge on any atom is -0.456 e. The SMILES string of the molecule is c1ccc(-c2cccc(N(c3ccc4c(c3)Oc3ccc5c6c(ccc-4c36)Oc3cc(N(c4ccccc4)c4ccccc4)ccc3-5)c3ccc4oc5ccccc5c4c3)c2)cc1. The maximum Gasteiger partial charge on any atom is 0.137 e. The van der Waals surface area contributed by atoms with Crippen molar-refractivity contribution in [2.24, 2.45) is 0 Å². The highest BCUT2D eigenvalue weighted by atomic mass is 16.5. The molecule has 0 unspecified atom stereocenters. The number of hydrogen-bond acceptors (Lipinski definition) is 5. The summed E-state index contributed by atoms with van der Waals surface area (Å²) in [6.45, 7) is 0. The number of ether oxygens (including phenoxy) is 2. The molecule has 0 bridgehead atoms. The van der Waals surface area contributed by atoms with Crippen molar-refractivity contribution in [1.29, 1.82) is 0 Å². The van der Waals surface area contributed by atoms with Crippen LogP contribution in [0.4, 0.5) is 34.1 Å². The topological polar surface area (TPSA) is 38.1 Å². The van der Waals surface area contributed by atoms with Gasteiger partial charge in [-0.15, -0.1) is 0 Å². The van der Waals surface area contributed by atoms with Gasteiger partial charge < -0.3 is 23.7 Å². The maximum absolute atomic E-state index is 6.93. The van der Waals surface area contributed by atoms with E-state index in [1.54, 1.807) is 0 Å². The quantitative estimate of drug-likeness (QED) is 0.160. The average molecular weight is 809 g/mol. The maximum atomic E-state index is 6.93. The van der Waals surface area contributed by atoms with Gasteiger partial charge in [-0.1, -0.05) is 97.1 Å². The number of benzene rings is 10. The number of rotatable bonds is 7. The van der Waals surface area contributed by atoms with Crippen molar-refractivity contribution in [2.75, 3.05) is 9.80 Å². The molecule has 296 valence electrons. The molecule has 0 saturated heterocycles. The third-order valence-corrected chi connectivity index (χ3v) is 12.4. The van der Waals surface area contributed by atoms with Crippen molar-refractivity contribution in [3.63, 3.8) is 0 Å². The van der Waals surface area contributed by atoms with E-state index in [1.165, 1.54) is 0 Å². The highest BCUT2D eigenvalue weighted by Gasteiger charge is 2.29. The summed E-state index contributed by atoms with van der Waals surface area (Å²) in [5.74, 6) is 3.24. The molecule has 63 heavy (non-hydrogen) atoms. The van der Waals surface area contributed by atoms with Crippen LogP contribution in [0.25, 0.3) is 66.1 Å². The van der Waals surface area contributed by atoms with E-state index in [0.717, 1.165) is 123 Å². The molecule has 1 aromatic heterocycles.